The zero-order chi connectivity index (χ0) is 20.9. The van der Waals surface area contributed by atoms with Crippen LogP contribution in [-0.4, -0.2) is 44.9 Å². The van der Waals surface area contributed by atoms with Crippen LogP contribution in [0.15, 0.2) is 53.4 Å². The average molecular weight is 417 g/mol. The molecule has 3 rings (SSSR count). The molecule has 0 bridgehead atoms. The number of amides is 1. The van der Waals surface area contributed by atoms with Crippen molar-refractivity contribution in [3.63, 3.8) is 0 Å². The van der Waals surface area contributed by atoms with Gasteiger partial charge in [0.25, 0.3) is 0 Å². The summed E-state index contributed by atoms with van der Waals surface area (Å²) in [5.74, 6) is 0.637. The summed E-state index contributed by atoms with van der Waals surface area (Å²) >= 11 is 0. The van der Waals surface area contributed by atoms with Crippen LogP contribution >= 0.6 is 0 Å². The number of rotatable bonds is 7. The normalized spacial score (nSPS) is 15.8. The van der Waals surface area contributed by atoms with Crippen molar-refractivity contribution in [2.24, 2.45) is 0 Å². The summed E-state index contributed by atoms with van der Waals surface area (Å²) in [5, 5.41) is 3.05. The van der Waals surface area contributed by atoms with Gasteiger partial charge in [-0.05, 0) is 56.0 Å². The minimum Gasteiger partial charge on any atom is -0.497 e. The predicted octanol–water partition coefficient (Wildman–Crippen LogP) is 2.91. The summed E-state index contributed by atoms with van der Waals surface area (Å²) in [7, 11) is -1.98. The zero-order valence-electron chi connectivity index (χ0n) is 16.9. The van der Waals surface area contributed by atoms with Crippen molar-refractivity contribution in [1.82, 2.24) is 9.62 Å². The molecule has 156 valence electrons. The van der Waals surface area contributed by atoms with E-state index < -0.39 is 10.0 Å². The molecule has 2 aromatic rings. The van der Waals surface area contributed by atoms with E-state index in [-0.39, 0.29) is 16.8 Å². The van der Waals surface area contributed by atoms with Gasteiger partial charge in [0.15, 0.2) is 0 Å². The van der Waals surface area contributed by atoms with E-state index in [4.69, 9.17) is 4.74 Å². The zero-order valence-corrected chi connectivity index (χ0v) is 17.7. The average Bonchev–Trinajstić information content (AvgIpc) is 2.74. The second-order valence-electron chi connectivity index (χ2n) is 7.41. The van der Waals surface area contributed by atoms with Crippen molar-refractivity contribution < 1.29 is 17.9 Å². The van der Waals surface area contributed by atoms with Gasteiger partial charge in [0.05, 0.1) is 12.0 Å². The molecule has 29 heavy (non-hydrogen) atoms. The van der Waals surface area contributed by atoms with Crippen molar-refractivity contribution in [1.29, 1.82) is 0 Å². The van der Waals surface area contributed by atoms with E-state index in [1.807, 2.05) is 31.2 Å². The predicted molar refractivity (Wildman–Crippen MR) is 112 cm³/mol. The van der Waals surface area contributed by atoms with E-state index in [0.717, 1.165) is 5.56 Å². The smallest absolute Gasteiger partial charge is 0.243 e. The number of carbonyl (C=O) groups excluding carboxylic acids is 1. The molecule has 1 heterocycles. The first kappa shape index (κ1) is 21.3. The molecular weight excluding hydrogens is 388 g/mol. The van der Waals surface area contributed by atoms with Crippen LogP contribution in [0.25, 0.3) is 0 Å². The Hall–Kier alpha value is -2.38. The SMILES string of the molecule is COc1ccc(S(=O)(=O)N2CCC(NC(=O)CCc3ccc(C)cc3)CC2)cc1. The highest BCUT2D eigenvalue weighted by Gasteiger charge is 2.29. The van der Waals surface area contributed by atoms with Crippen molar-refractivity contribution in [3.05, 3.63) is 59.7 Å². The highest BCUT2D eigenvalue weighted by Crippen LogP contribution is 2.23. The molecule has 0 aromatic heterocycles. The molecule has 1 aliphatic heterocycles. The van der Waals surface area contributed by atoms with Gasteiger partial charge in [0.1, 0.15) is 5.75 Å². The Kier molecular flexibility index (Phi) is 6.92. The first-order valence-corrected chi connectivity index (χ1v) is 11.3. The molecule has 0 aliphatic carbocycles. The molecule has 1 aliphatic rings. The summed E-state index contributed by atoms with van der Waals surface area (Å²) in [6.07, 6.45) is 2.38. The van der Waals surface area contributed by atoms with E-state index in [2.05, 4.69) is 5.32 Å². The first-order chi connectivity index (χ1) is 13.9. The summed E-state index contributed by atoms with van der Waals surface area (Å²) in [5.41, 5.74) is 2.35. The molecule has 7 heteroatoms. The van der Waals surface area contributed by atoms with Gasteiger partial charge in [0, 0.05) is 25.6 Å². The molecule has 1 amide bonds. The number of methoxy groups -OCH3 is 1. The van der Waals surface area contributed by atoms with Crippen LogP contribution in [0.1, 0.15) is 30.4 Å². The largest absolute Gasteiger partial charge is 0.497 e. The number of nitrogens with zero attached hydrogens (tertiary/aromatic N) is 1. The molecule has 0 radical (unpaired) electrons. The van der Waals surface area contributed by atoms with Crippen molar-refractivity contribution in [3.8, 4) is 5.75 Å². The van der Waals surface area contributed by atoms with E-state index in [9.17, 15) is 13.2 Å². The number of sulfonamides is 1. The molecule has 0 atom stereocenters. The fourth-order valence-electron chi connectivity index (χ4n) is 3.45. The maximum absolute atomic E-state index is 12.8. The molecular formula is C22H28N2O4S. The van der Waals surface area contributed by atoms with Gasteiger partial charge in [-0.1, -0.05) is 29.8 Å². The van der Waals surface area contributed by atoms with E-state index >= 15 is 0 Å². The second-order valence-corrected chi connectivity index (χ2v) is 9.34. The summed E-state index contributed by atoms with van der Waals surface area (Å²) in [6, 6.07) is 14.6. The summed E-state index contributed by atoms with van der Waals surface area (Å²) < 4.78 is 32.2. The minimum atomic E-state index is -3.52. The lowest BCUT2D eigenvalue weighted by molar-refractivity contribution is -0.122. The fourth-order valence-corrected chi connectivity index (χ4v) is 4.92. The first-order valence-electron chi connectivity index (χ1n) is 9.87. The molecule has 1 N–H and O–H groups in total. The summed E-state index contributed by atoms with van der Waals surface area (Å²) in [4.78, 5) is 12.5. The number of carbonyl (C=O) groups is 1. The number of nitrogens with one attached hydrogen (secondary N) is 1. The number of hydrogen-bond acceptors (Lipinski definition) is 4. The Morgan fingerprint density at radius 3 is 2.28 bits per heavy atom. The lowest BCUT2D eigenvalue weighted by Crippen LogP contribution is -2.46. The van der Waals surface area contributed by atoms with Crippen molar-refractivity contribution >= 4 is 15.9 Å². The van der Waals surface area contributed by atoms with Crippen LogP contribution in [-0.2, 0) is 21.2 Å². The Balaban J connectivity index is 1.47. The Labute approximate surface area is 172 Å². The fraction of sp³-hybridized carbons (Fsp3) is 0.409. The minimum absolute atomic E-state index is 0.0158. The number of benzene rings is 2. The van der Waals surface area contributed by atoms with Gasteiger partial charge < -0.3 is 10.1 Å². The Bertz CT molecular complexity index is 916. The monoisotopic (exact) mass is 416 g/mol. The van der Waals surface area contributed by atoms with Gasteiger partial charge in [-0.25, -0.2) is 8.42 Å². The number of hydrogen-bond donors (Lipinski definition) is 1. The standard InChI is InChI=1S/C22H28N2O4S/c1-17-3-5-18(6-4-17)7-12-22(25)23-19-13-15-24(16-14-19)29(26,27)21-10-8-20(28-2)9-11-21/h3-6,8-11,19H,7,12-16H2,1-2H3,(H,23,25). The van der Waals surface area contributed by atoms with E-state index in [1.54, 1.807) is 31.4 Å². The topological polar surface area (TPSA) is 75.7 Å². The molecule has 1 saturated heterocycles. The Morgan fingerprint density at radius 1 is 1.07 bits per heavy atom. The van der Waals surface area contributed by atoms with Crippen LogP contribution in [0, 0.1) is 6.92 Å². The second kappa shape index (κ2) is 9.41. The van der Waals surface area contributed by atoms with Gasteiger partial charge in [-0.15, -0.1) is 0 Å². The molecule has 2 aromatic carbocycles. The lowest BCUT2D eigenvalue weighted by Gasteiger charge is -2.31. The van der Waals surface area contributed by atoms with Crippen LogP contribution in [0.5, 0.6) is 5.75 Å². The van der Waals surface area contributed by atoms with Crippen LogP contribution < -0.4 is 10.1 Å². The van der Waals surface area contributed by atoms with Crippen molar-refractivity contribution in [2.75, 3.05) is 20.2 Å². The molecule has 0 unspecified atom stereocenters. The van der Waals surface area contributed by atoms with Gasteiger partial charge in [0.2, 0.25) is 15.9 Å². The highest BCUT2D eigenvalue weighted by molar-refractivity contribution is 7.89. The number of aryl methyl sites for hydroxylation is 2. The molecule has 0 saturated carbocycles. The maximum Gasteiger partial charge on any atom is 0.243 e. The third kappa shape index (κ3) is 5.58. The molecule has 1 fully saturated rings. The number of ether oxygens (including phenoxy) is 1. The Morgan fingerprint density at radius 2 is 1.69 bits per heavy atom. The van der Waals surface area contributed by atoms with Crippen LogP contribution in [0.3, 0.4) is 0 Å². The maximum atomic E-state index is 12.8. The highest BCUT2D eigenvalue weighted by atomic mass is 32.2. The van der Waals surface area contributed by atoms with Gasteiger partial charge >= 0.3 is 0 Å². The third-order valence-corrected chi connectivity index (χ3v) is 7.19. The quantitative estimate of drug-likeness (QED) is 0.753. The lowest BCUT2D eigenvalue weighted by atomic mass is 10.1. The van der Waals surface area contributed by atoms with Crippen molar-refractivity contribution in [2.45, 2.75) is 43.5 Å². The summed E-state index contributed by atoms with van der Waals surface area (Å²) in [6.45, 7) is 2.84. The van der Waals surface area contributed by atoms with E-state index in [0.29, 0.717) is 44.5 Å². The third-order valence-electron chi connectivity index (χ3n) is 5.28. The molecule has 6 nitrogen and oxygen atoms in total. The molecule has 0 spiro atoms. The van der Waals surface area contributed by atoms with Crippen LogP contribution in [0.4, 0.5) is 0 Å². The van der Waals surface area contributed by atoms with E-state index in [1.165, 1.54) is 9.87 Å². The van der Waals surface area contributed by atoms with Gasteiger partial charge in [-0.3, -0.25) is 4.79 Å². The number of piperidine rings is 1. The van der Waals surface area contributed by atoms with Crippen LogP contribution in [0.2, 0.25) is 0 Å². The van der Waals surface area contributed by atoms with Gasteiger partial charge in [-0.2, -0.15) is 4.31 Å².